The van der Waals surface area contributed by atoms with Crippen molar-refractivity contribution in [3.8, 4) is 12.3 Å². The molecular weight excluding hydrogens is 362 g/mol. The van der Waals surface area contributed by atoms with Gasteiger partial charge in [0.2, 0.25) is 0 Å². The SMILES string of the molecule is C#CCOC(=O)NC(CCSC)C(=O)OCCCCCCCCCCCC. The second-order valence-electron chi connectivity index (χ2n) is 6.61. The number of carbonyl (C=O) groups is 2. The standard InChI is InChI=1S/C21H37NO4S/c1-4-6-7-8-9-10-11-12-13-14-17-25-20(23)19(15-18-27-3)22-21(24)26-16-5-2/h2,19H,4,6-18H2,1,3H3,(H,22,24). The van der Waals surface area contributed by atoms with Crippen LogP contribution in [0.2, 0.25) is 0 Å². The quantitative estimate of drug-likeness (QED) is 0.213. The molecule has 0 aliphatic rings. The number of unbranched alkanes of at least 4 members (excludes halogenated alkanes) is 9. The highest BCUT2D eigenvalue weighted by Gasteiger charge is 2.22. The molecule has 1 amide bonds. The number of hydrogen-bond acceptors (Lipinski definition) is 5. The Morgan fingerprint density at radius 2 is 1.59 bits per heavy atom. The van der Waals surface area contributed by atoms with Crippen LogP contribution in [-0.4, -0.2) is 43.3 Å². The third-order valence-corrected chi connectivity index (χ3v) is 4.86. The van der Waals surface area contributed by atoms with E-state index in [-0.39, 0.29) is 6.61 Å². The molecule has 0 aromatic rings. The molecule has 5 nitrogen and oxygen atoms in total. The summed E-state index contributed by atoms with van der Waals surface area (Å²) >= 11 is 1.61. The van der Waals surface area contributed by atoms with E-state index in [2.05, 4.69) is 18.2 Å². The highest BCUT2D eigenvalue weighted by atomic mass is 32.2. The van der Waals surface area contributed by atoms with E-state index in [0.29, 0.717) is 13.0 Å². The zero-order chi connectivity index (χ0) is 20.2. The third kappa shape index (κ3) is 16.5. The molecule has 1 N–H and O–H groups in total. The zero-order valence-electron chi connectivity index (χ0n) is 17.1. The number of terminal acetylenes is 1. The van der Waals surface area contributed by atoms with Crippen molar-refractivity contribution in [3.05, 3.63) is 0 Å². The lowest BCUT2D eigenvalue weighted by molar-refractivity contribution is -0.146. The van der Waals surface area contributed by atoms with Crippen LogP contribution in [0.1, 0.15) is 77.6 Å². The smallest absolute Gasteiger partial charge is 0.408 e. The van der Waals surface area contributed by atoms with Gasteiger partial charge in [0, 0.05) is 0 Å². The van der Waals surface area contributed by atoms with Crippen LogP contribution in [-0.2, 0) is 14.3 Å². The molecule has 0 saturated carbocycles. The molecule has 0 saturated heterocycles. The van der Waals surface area contributed by atoms with E-state index < -0.39 is 18.1 Å². The molecule has 0 spiro atoms. The Morgan fingerprint density at radius 3 is 2.15 bits per heavy atom. The van der Waals surface area contributed by atoms with Gasteiger partial charge in [-0.15, -0.1) is 6.42 Å². The molecule has 1 unspecified atom stereocenters. The topological polar surface area (TPSA) is 64.6 Å². The Morgan fingerprint density at radius 1 is 1.00 bits per heavy atom. The molecule has 0 radical (unpaired) electrons. The Kier molecular flexibility index (Phi) is 18.4. The molecule has 6 heteroatoms. The maximum atomic E-state index is 12.2. The summed E-state index contributed by atoms with van der Waals surface area (Å²) in [6, 6.07) is -0.689. The van der Waals surface area contributed by atoms with Gasteiger partial charge in [-0.1, -0.05) is 70.6 Å². The van der Waals surface area contributed by atoms with Crippen molar-refractivity contribution in [3.63, 3.8) is 0 Å². The van der Waals surface area contributed by atoms with E-state index in [9.17, 15) is 9.59 Å². The van der Waals surface area contributed by atoms with Gasteiger partial charge in [0.1, 0.15) is 6.04 Å². The number of amides is 1. The highest BCUT2D eigenvalue weighted by molar-refractivity contribution is 7.98. The summed E-state index contributed by atoms with van der Waals surface area (Å²) in [6.07, 6.45) is 19.1. The van der Waals surface area contributed by atoms with E-state index in [1.807, 2.05) is 6.26 Å². The number of esters is 1. The second kappa shape index (κ2) is 19.4. The molecule has 0 aliphatic heterocycles. The summed E-state index contributed by atoms with van der Waals surface area (Å²) in [5.74, 6) is 2.55. The molecule has 0 aromatic heterocycles. The van der Waals surface area contributed by atoms with Crippen LogP contribution < -0.4 is 5.32 Å². The molecule has 0 fully saturated rings. The van der Waals surface area contributed by atoms with Crippen LogP contribution in [0.25, 0.3) is 0 Å². The zero-order valence-corrected chi connectivity index (χ0v) is 17.9. The number of alkyl carbamates (subject to hydrolysis) is 1. The minimum Gasteiger partial charge on any atom is -0.464 e. The lowest BCUT2D eigenvalue weighted by Crippen LogP contribution is -2.42. The fourth-order valence-corrected chi connectivity index (χ4v) is 3.11. The number of carbonyl (C=O) groups excluding carboxylic acids is 2. The lowest BCUT2D eigenvalue weighted by atomic mass is 10.1. The Hall–Kier alpha value is -1.35. The summed E-state index contributed by atoms with van der Waals surface area (Å²) in [6.45, 7) is 2.51. The highest BCUT2D eigenvalue weighted by Crippen LogP contribution is 2.11. The average molecular weight is 400 g/mol. The molecule has 0 heterocycles. The van der Waals surface area contributed by atoms with Gasteiger partial charge < -0.3 is 14.8 Å². The van der Waals surface area contributed by atoms with E-state index in [1.54, 1.807) is 11.8 Å². The van der Waals surface area contributed by atoms with Gasteiger partial charge in [-0.2, -0.15) is 11.8 Å². The number of ether oxygens (including phenoxy) is 2. The number of hydrogen-bond donors (Lipinski definition) is 1. The first-order valence-electron chi connectivity index (χ1n) is 10.2. The number of thioether (sulfide) groups is 1. The lowest BCUT2D eigenvalue weighted by Gasteiger charge is -2.16. The summed E-state index contributed by atoms with van der Waals surface area (Å²) < 4.78 is 10.1. The molecule has 0 bridgehead atoms. The summed E-state index contributed by atoms with van der Waals surface area (Å²) in [7, 11) is 0. The summed E-state index contributed by atoms with van der Waals surface area (Å²) in [5, 5.41) is 2.53. The summed E-state index contributed by atoms with van der Waals surface area (Å²) in [5.41, 5.74) is 0. The fourth-order valence-electron chi connectivity index (χ4n) is 2.64. The first kappa shape index (κ1) is 25.6. The van der Waals surface area contributed by atoms with E-state index in [0.717, 1.165) is 18.6 Å². The van der Waals surface area contributed by atoms with Crippen LogP contribution in [0.15, 0.2) is 0 Å². The van der Waals surface area contributed by atoms with Crippen molar-refractivity contribution in [2.45, 2.75) is 83.6 Å². The van der Waals surface area contributed by atoms with Crippen molar-refractivity contribution >= 4 is 23.8 Å². The van der Waals surface area contributed by atoms with Gasteiger partial charge in [-0.25, -0.2) is 9.59 Å². The van der Waals surface area contributed by atoms with Crippen LogP contribution in [0, 0.1) is 12.3 Å². The fraction of sp³-hybridized carbons (Fsp3) is 0.810. The molecule has 0 aliphatic carbocycles. The number of rotatable bonds is 17. The first-order valence-corrected chi connectivity index (χ1v) is 11.6. The van der Waals surface area contributed by atoms with Gasteiger partial charge in [0.25, 0.3) is 0 Å². The largest absolute Gasteiger partial charge is 0.464 e. The van der Waals surface area contributed by atoms with Gasteiger partial charge in [0.05, 0.1) is 6.61 Å². The van der Waals surface area contributed by atoms with Crippen molar-refractivity contribution in [2.24, 2.45) is 0 Å². The van der Waals surface area contributed by atoms with Gasteiger partial charge in [0.15, 0.2) is 6.61 Å². The predicted octanol–water partition coefficient (Wildman–Crippen LogP) is 4.93. The summed E-state index contributed by atoms with van der Waals surface area (Å²) in [4.78, 5) is 23.8. The van der Waals surface area contributed by atoms with Crippen molar-refractivity contribution in [1.29, 1.82) is 0 Å². The Bertz CT molecular complexity index is 423. The van der Waals surface area contributed by atoms with Crippen LogP contribution in [0.4, 0.5) is 4.79 Å². The Balaban J connectivity index is 3.83. The average Bonchev–Trinajstić information content (AvgIpc) is 2.67. The molecule has 156 valence electrons. The van der Waals surface area contributed by atoms with Crippen molar-refractivity contribution in [2.75, 3.05) is 25.2 Å². The van der Waals surface area contributed by atoms with Crippen LogP contribution in [0.5, 0.6) is 0 Å². The van der Waals surface area contributed by atoms with Gasteiger partial charge in [-0.3, -0.25) is 0 Å². The maximum absolute atomic E-state index is 12.2. The second-order valence-corrected chi connectivity index (χ2v) is 7.59. The predicted molar refractivity (Wildman–Crippen MR) is 113 cm³/mol. The van der Waals surface area contributed by atoms with E-state index in [1.165, 1.54) is 51.4 Å². The number of nitrogens with one attached hydrogen (secondary N) is 1. The maximum Gasteiger partial charge on any atom is 0.408 e. The van der Waals surface area contributed by atoms with Crippen LogP contribution >= 0.6 is 11.8 Å². The molecule has 0 rings (SSSR count). The van der Waals surface area contributed by atoms with Crippen LogP contribution in [0.3, 0.4) is 0 Å². The van der Waals surface area contributed by atoms with Gasteiger partial charge >= 0.3 is 12.1 Å². The third-order valence-electron chi connectivity index (χ3n) is 4.22. The molecule has 1 atom stereocenters. The van der Waals surface area contributed by atoms with Crippen molar-refractivity contribution in [1.82, 2.24) is 5.32 Å². The molecule has 0 aromatic carbocycles. The van der Waals surface area contributed by atoms with E-state index >= 15 is 0 Å². The van der Waals surface area contributed by atoms with Gasteiger partial charge in [-0.05, 0) is 24.9 Å². The minimum atomic E-state index is -0.689. The minimum absolute atomic E-state index is 0.116. The first-order chi connectivity index (χ1) is 13.2. The molecular formula is C21H37NO4S. The Labute approximate surface area is 169 Å². The molecule has 27 heavy (non-hydrogen) atoms. The normalized spacial score (nSPS) is 11.4. The van der Waals surface area contributed by atoms with E-state index in [4.69, 9.17) is 15.9 Å². The monoisotopic (exact) mass is 399 g/mol. The van der Waals surface area contributed by atoms with Crippen molar-refractivity contribution < 1.29 is 19.1 Å².